The third-order valence-electron chi connectivity index (χ3n) is 1.51. The minimum atomic E-state index is -0.0886. The molecule has 0 spiro atoms. The van der Waals surface area contributed by atoms with Crippen LogP contribution in [0.2, 0.25) is 0 Å². The summed E-state index contributed by atoms with van der Waals surface area (Å²) in [4.78, 5) is 12.2. The Morgan fingerprint density at radius 2 is 2.46 bits per heavy atom. The number of aryl methyl sites for hydroxylation is 1. The van der Waals surface area contributed by atoms with E-state index in [1.165, 1.54) is 11.3 Å². The predicted molar refractivity (Wildman–Crippen MR) is 56.4 cm³/mol. The van der Waals surface area contributed by atoms with Gasteiger partial charge in [-0.15, -0.1) is 11.3 Å². The van der Waals surface area contributed by atoms with Gasteiger partial charge in [0, 0.05) is 5.03 Å². The second-order valence-electron chi connectivity index (χ2n) is 2.63. The van der Waals surface area contributed by atoms with Gasteiger partial charge < -0.3 is 5.32 Å². The summed E-state index contributed by atoms with van der Waals surface area (Å²) in [7, 11) is 0. The standard InChI is InChI=1S/C9H10ClNOS/c1-6-3-4-13-8(6)9(12)11-5-7(2)10/h3-4H,2,5H2,1H3,(H,11,12). The van der Waals surface area contributed by atoms with E-state index in [0.717, 1.165) is 10.4 Å². The first-order chi connectivity index (χ1) is 6.11. The molecule has 0 bridgehead atoms. The van der Waals surface area contributed by atoms with Crippen LogP contribution in [0.4, 0.5) is 0 Å². The smallest absolute Gasteiger partial charge is 0.261 e. The molecule has 0 aliphatic rings. The molecule has 1 heterocycles. The van der Waals surface area contributed by atoms with Gasteiger partial charge in [-0.05, 0) is 23.9 Å². The van der Waals surface area contributed by atoms with Crippen LogP contribution in [0.1, 0.15) is 15.2 Å². The Labute approximate surface area is 86.2 Å². The van der Waals surface area contributed by atoms with Crippen LogP contribution in [0.25, 0.3) is 0 Å². The molecule has 0 radical (unpaired) electrons. The molecule has 2 nitrogen and oxygen atoms in total. The van der Waals surface area contributed by atoms with Gasteiger partial charge in [0.2, 0.25) is 0 Å². The van der Waals surface area contributed by atoms with Crippen LogP contribution in [0.5, 0.6) is 0 Å². The summed E-state index contributed by atoms with van der Waals surface area (Å²) in [5.41, 5.74) is 0.989. The summed E-state index contributed by atoms with van der Waals surface area (Å²) in [6, 6.07) is 1.91. The molecule has 70 valence electrons. The summed E-state index contributed by atoms with van der Waals surface area (Å²) >= 11 is 6.94. The van der Waals surface area contributed by atoms with Crippen molar-refractivity contribution in [1.82, 2.24) is 5.32 Å². The molecule has 1 rings (SSSR count). The number of hydrogen-bond acceptors (Lipinski definition) is 2. The second-order valence-corrected chi connectivity index (χ2v) is 4.08. The summed E-state index contributed by atoms with van der Waals surface area (Å²) in [6.07, 6.45) is 0. The zero-order valence-electron chi connectivity index (χ0n) is 7.26. The van der Waals surface area contributed by atoms with Crippen LogP contribution in [0, 0.1) is 6.92 Å². The number of rotatable bonds is 3. The number of carbonyl (C=O) groups excluding carboxylic acids is 1. The molecule has 0 unspecified atom stereocenters. The van der Waals surface area contributed by atoms with Crippen LogP contribution in [0.15, 0.2) is 23.1 Å². The molecule has 13 heavy (non-hydrogen) atoms. The number of halogens is 1. The number of amides is 1. The highest BCUT2D eigenvalue weighted by molar-refractivity contribution is 7.12. The van der Waals surface area contributed by atoms with E-state index in [2.05, 4.69) is 11.9 Å². The lowest BCUT2D eigenvalue weighted by Crippen LogP contribution is -2.24. The average Bonchev–Trinajstić information content (AvgIpc) is 2.47. The normalized spacial score (nSPS) is 9.69. The van der Waals surface area contributed by atoms with E-state index in [9.17, 15) is 4.79 Å². The van der Waals surface area contributed by atoms with Gasteiger partial charge in [0.05, 0.1) is 11.4 Å². The van der Waals surface area contributed by atoms with Gasteiger partial charge in [0.15, 0.2) is 0 Å². The molecule has 1 amide bonds. The van der Waals surface area contributed by atoms with Crippen LogP contribution in [-0.2, 0) is 0 Å². The van der Waals surface area contributed by atoms with E-state index >= 15 is 0 Å². The molecule has 0 aliphatic heterocycles. The first-order valence-electron chi connectivity index (χ1n) is 3.77. The molecule has 1 aromatic heterocycles. The molecule has 0 aromatic carbocycles. The monoisotopic (exact) mass is 215 g/mol. The molecule has 1 N–H and O–H groups in total. The van der Waals surface area contributed by atoms with Gasteiger partial charge in [0.1, 0.15) is 0 Å². The average molecular weight is 216 g/mol. The van der Waals surface area contributed by atoms with Crippen molar-refractivity contribution < 1.29 is 4.79 Å². The molecule has 0 atom stereocenters. The second kappa shape index (κ2) is 4.44. The summed E-state index contributed by atoms with van der Waals surface area (Å²) in [5.74, 6) is -0.0886. The molecule has 1 aromatic rings. The zero-order valence-corrected chi connectivity index (χ0v) is 8.84. The number of nitrogens with one attached hydrogen (secondary N) is 1. The largest absolute Gasteiger partial charge is 0.346 e. The maximum atomic E-state index is 11.4. The molecule has 0 aliphatic carbocycles. The van der Waals surface area contributed by atoms with Crippen molar-refractivity contribution in [2.45, 2.75) is 6.92 Å². The van der Waals surface area contributed by atoms with E-state index in [0.29, 0.717) is 11.6 Å². The maximum Gasteiger partial charge on any atom is 0.261 e. The van der Waals surface area contributed by atoms with Gasteiger partial charge >= 0.3 is 0 Å². The zero-order chi connectivity index (χ0) is 9.84. The molecule has 0 saturated carbocycles. The Balaban J connectivity index is 2.59. The van der Waals surface area contributed by atoms with Crippen LogP contribution in [0.3, 0.4) is 0 Å². The topological polar surface area (TPSA) is 29.1 Å². The van der Waals surface area contributed by atoms with Crippen molar-refractivity contribution in [3.05, 3.63) is 33.5 Å². The van der Waals surface area contributed by atoms with Crippen LogP contribution < -0.4 is 5.32 Å². The van der Waals surface area contributed by atoms with E-state index in [-0.39, 0.29) is 5.91 Å². The SMILES string of the molecule is C=C(Cl)CNC(=O)c1sccc1C. The van der Waals surface area contributed by atoms with Crippen molar-refractivity contribution in [3.63, 3.8) is 0 Å². The van der Waals surface area contributed by atoms with Crippen molar-refractivity contribution >= 4 is 28.8 Å². The highest BCUT2D eigenvalue weighted by atomic mass is 35.5. The van der Waals surface area contributed by atoms with Crippen LogP contribution in [-0.4, -0.2) is 12.5 Å². The number of thiophene rings is 1. The van der Waals surface area contributed by atoms with Gasteiger partial charge in [-0.25, -0.2) is 0 Å². The quantitative estimate of drug-likeness (QED) is 0.825. The Kier molecular flexibility index (Phi) is 3.51. The van der Waals surface area contributed by atoms with Crippen molar-refractivity contribution in [3.8, 4) is 0 Å². The first-order valence-corrected chi connectivity index (χ1v) is 5.02. The van der Waals surface area contributed by atoms with Crippen molar-refractivity contribution in [1.29, 1.82) is 0 Å². The molecular formula is C9H10ClNOS. The fourth-order valence-electron chi connectivity index (χ4n) is 0.862. The van der Waals surface area contributed by atoms with E-state index < -0.39 is 0 Å². The van der Waals surface area contributed by atoms with Gasteiger partial charge in [0.25, 0.3) is 5.91 Å². The predicted octanol–water partition coefficient (Wildman–Crippen LogP) is 2.54. The molecule has 4 heteroatoms. The van der Waals surface area contributed by atoms with Crippen molar-refractivity contribution in [2.75, 3.05) is 6.54 Å². The molecular weight excluding hydrogens is 206 g/mol. The van der Waals surface area contributed by atoms with Gasteiger partial charge in [-0.2, -0.15) is 0 Å². The third-order valence-corrected chi connectivity index (χ3v) is 2.66. The summed E-state index contributed by atoms with van der Waals surface area (Å²) in [6.45, 7) is 5.71. The lowest BCUT2D eigenvalue weighted by molar-refractivity contribution is 0.0961. The highest BCUT2D eigenvalue weighted by Crippen LogP contribution is 2.14. The van der Waals surface area contributed by atoms with Gasteiger partial charge in [-0.1, -0.05) is 18.2 Å². The highest BCUT2D eigenvalue weighted by Gasteiger charge is 2.09. The minimum Gasteiger partial charge on any atom is -0.346 e. The van der Waals surface area contributed by atoms with E-state index in [1.54, 1.807) is 0 Å². The third kappa shape index (κ3) is 2.86. The summed E-state index contributed by atoms with van der Waals surface area (Å²) in [5, 5.41) is 4.99. The van der Waals surface area contributed by atoms with Crippen LogP contribution >= 0.6 is 22.9 Å². The maximum absolute atomic E-state index is 11.4. The number of hydrogen-bond donors (Lipinski definition) is 1. The Bertz CT molecular complexity index is 332. The Morgan fingerprint density at radius 1 is 1.77 bits per heavy atom. The Morgan fingerprint density at radius 3 is 2.92 bits per heavy atom. The van der Waals surface area contributed by atoms with Gasteiger partial charge in [-0.3, -0.25) is 4.79 Å². The van der Waals surface area contributed by atoms with Crippen molar-refractivity contribution in [2.24, 2.45) is 0 Å². The first kappa shape index (κ1) is 10.3. The molecule has 0 saturated heterocycles. The van der Waals surface area contributed by atoms with E-state index in [1.807, 2.05) is 18.4 Å². The Hall–Kier alpha value is -0.800. The van der Waals surface area contributed by atoms with E-state index in [4.69, 9.17) is 11.6 Å². The molecule has 0 fully saturated rings. The summed E-state index contributed by atoms with van der Waals surface area (Å²) < 4.78 is 0. The lowest BCUT2D eigenvalue weighted by Gasteiger charge is -2.01. The number of carbonyl (C=O) groups is 1. The fraction of sp³-hybridized carbons (Fsp3) is 0.222. The fourth-order valence-corrected chi connectivity index (χ4v) is 1.77. The minimum absolute atomic E-state index is 0.0886. The lowest BCUT2D eigenvalue weighted by atomic mass is 10.3.